The highest BCUT2D eigenvalue weighted by molar-refractivity contribution is 6.73. The van der Waals surface area contributed by atoms with Crippen molar-refractivity contribution < 1.29 is 64.3 Å². The highest BCUT2D eigenvalue weighted by Crippen LogP contribution is 2.24. The van der Waals surface area contributed by atoms with E-state index in [9.17, 15) is 19.2 Å². The Balaban J connectivity index is 0.000000372. The Morgan fingerprint density at radius 2 is 1.64 bits per heavy atom. The lowest BCUT2D eigenvalue weighted by molar-refractivity contribution is -0.671. The third-order valence-corrected chi connectivity index (χ3v) is 2.35. The minimum Gasteiger partial charge on any atom is -0.576 e. The van der Waals surface area contributed by atoms with Gasteiger partial charge in [-0.2, -0.15) is 0 Å². The van der Waals surface area contributed by atoms with Crippen molar-refractivity contribution in [3.05, 3.63) is 18.7 Å². The topological polar surface area (TPSA) is 114 Å². The second kappa shape index (κ2) is 7.82. The van der Waals surface area contributed by atoms with Crippen molar-refractivity contribution in [1.29, 1.82) is 0 Å². The molecular formula is C14H19BN2O8. The second-order valence-corrected chi connectivity index (χ2v) is 4.04. The van der Waals surface area contributed by atoms with Gasteiger partial charge in [0.1, 0.15) is 12.4 Å². The lowest BCUT2D eigenvalue weighted by Crippen LogP contribution is -2.40. The highest BCUT2D eigenvalue weighted by atomic mass is 17.0. The lowest BCUT2D eigenvalue weighted by Gasteiger charge is -2.21. The van der Waals surface area contributed by atoms with Gasteiger partial charge in [0.2, 0.25) is 6.33 Å². The second-order valence-electron chi connectivity index (χ2n) is 4.04. The zero-order chi connectivity index (χ0) is 32.4. The Morgan fingerprint density at radius 3 is 2.12 bits per heavy atom. The van der Waals surface area contributed by atoms with Crippen LogP contribution >= 0.6 is 0 Å². The zero-order valence-electron chi connectivity index (χ0n) is 28.0. The molecule has 2 fully saturated rings. The number of nitrogens with zero attached hydrogens (tertiary/aromatic N) is 2. The first-order chi connectivity index (χ1) is 18.0. The molecule has 1 aromatic rings. The fourth-order valence-corrected chi connectivity index (χ4v) is 1.44. The molecule has 1 spiro atoms. The van der Waals surface area contributed by atoms with E-state index in [1.807, 2.05) is 0 Å². The summed E-state index contributed by atoms with van der Waals surface area (Å²) in [5.74, 6) is -5.49. The van der Waals surface area contributed by atoms with Gasteiger partial charge in [-0.3, -0.25) is 0 Å². The number of carbonyl (C=O) groups excluding carboxylic acids is 4. The standard InChI is InChI=1S/C10H19N2.C4BO8/c1-3-4-5-6-7-12-9-8-11(2)10-12;6-1-2(7)11-5(10-1)12-3(8)4(9)13-5/h8-10H,3-7H2,1-2H3;/q+1;-1/i1D3,2D3,3D2,4D2,5D2,6D2,7D2;. The molecule has 25 heavy (non-hydrogen) atoms. The molecule has 0 unspecified atom stereocenters. The van der Waals surface area contributed by atoms with Crippen LogP contribution in [0.5, 0.6) is 0 Å². The van der Waals surface area contributed by atoms with Crippen LogP contribution in [0.2, 0.25) is 0 Å². The summed E-state index contributed by atoms with van der Waals surface area (Å²) in [5.41, 5.74) is 0. The Hall–Kier alpha value is -2.85. The van der Waals surface area contributed by atoms with Crippen molar-refractivity contribution in [3.63, 3.8) is 0 Å². The van der Waals surface area contributed by atoms with Crippen molar-refractivity contribution >= 4 is 30.8 Å². The average Bonchev–Trinajstić information content (AvgIpc) is 3.45. The monoisotopic (exact) mass is 370 g/mol. The highest BCUT2D eigenvalue weighted by Gasteiger charge is 2.60. The molecule has 0 N–H and O–H groups in total. The largest absolute Gasteiger partial charge is 0.786 e. The maximum atomic E-state index is 10.5. The predicted molar refractivity (Wildman–Crippen MR) is 79.9 cm³/mol. The Labute approximate surface area is 166 Å². The molecular weight excluding hydrogens is 335 g/mol. The van der Waals surface area contributed by atoms with E-state index in [1.54, 1.807) is 0 Å². The van der Waals surface area contributed by atoms with E-state index in [2.05, 4.69) is 18.6 Å². The van der Waals surface area contributed by atoms with Crippen LogP contribution in [0.1, 0.15) is 54.3 Å². The third kappa shape index (κ3) is 4.81. The number of imidazole rings is 1. The Morgan fingerprint density at radius 1 is 1.04 bits per heavy atom. The summed E-state index contributed by atoms with van der Waals surface area (Å²) in [6.07, 6.45) is -13.4. The third-order valence-electron chi connectivity index (χ3n) is 2.35. The van der Waals surface area contributed by atoms with E-state index in [0.29, 0.717) is 15.5 Å². The van der Waals surface area contributed by atoms with Crippen LogP contribution < -0.4 is 4.57 Å². The normalized spacial score (nSPS) is 30.9. The van der Waals surface area contributed by atoms with Gasteiger partial charge in [0.05, 0.1) is 20.3 Å². The number of hydrogen-bond acceptors (Lipinski definition) is 8. The number of rotatable bonds is 5. The quantitative estimate of drug-likeness (QED) is 0.388. The van der Waals surface area contributed by atoms with Crippen LogP contribution in [0.25, 0.3) is 0 Å². The molecule has 11 heteroatoms. The molecule has 1 aromatic heterocycles. The van der Waals surface area contributed by atoms with E-state index >= 15 is 0 Å². The van der Waals surface area contributed by atoms with E-state index in [0.717, 1.165) is 12.4 Å². The number of aromatic nitrogens is 2. The molecule has 0 aliphatic carbocycles. The van der Waals surface area contributed by atoms with Gasteiger partial charge in [0.15, 0.2) is 0 Å². The molecule has 0 saturated carbocycles. The SMILES string of the molecule is O=C1O[B-]2(OC1=O)OC(=O)C(=O)O2.[2H]C([2H])([2H])[n+]1ccn(C([2H])([2H])C([2H])([2H])C([2H])([2H])C([2H])([2H])C([2H])([2H])C([2H])([2H])[2H])c1. The average molecular weight is 370 g/mol. The van der Waals surface area contributed by atoms with E-state index in [4.69, 9.17) is 21.9 Å². The summed E-state index contributed by atoms with van der Waals surface area (Å²) in [4.78, 5) is 41.9. The van der Waals surface area contributed by atoms with Crippen molar-refractivity contribution in [2.45, 2.75) is 38.8 Å². The van der Waals surface area contributed by atoms with Gasteiger partial charge >= 0.3 is 30.8 Å². The number of aryl methyl sites for hydroxylation is 2. The van der Waals surface area contributed by atoms with Gasteiger partial charge in [-0.25, -0.2) is 28.3 Å². The molecule has 2 saturated heterocycles. The maximum absolute atomic E-state index is 10.5. The van der Waals surface area contributed by atoms with E-state index in [1.165, 1.54) is 0 Å². The van der Waals surface area contributed by atoms with Crippen LogP contribution in [-0.4, -0.2) is 35.4 Å². The first-order valence-corrected chi connectivity index (χ1v) is 6.14. The minimum absolute atomic E-state index is 0.359. The summed E-state index contributed by atoms with van der Waals surface area (Å²) in [6.45, 7) is -13.1. The van der Waals surface area contributed by atoms with E-state index in [-0.39, 0.29) is 0 Å². The minimum atomic E-state index is -4.00. The van der Waals surface area contributed by atoms with Crippen LogP contribution in [-0.2, 0) is 51.3 Å². The molecule has 0 radical (unpaired) electrons. The first-order valence-electron chi connectivity index (χ1n) is 14.1. The van der Waals surface area contributed by atoms with Crippen molar-refractivity contribution in [2.75, 3.05) is 0 Å². The molecule has 0 amide bonds. The fourth-order valence-electron chi connectivity index (χ4n) is 1.44. The van der Waals surface area contributed by atoms with Gasteiger partial charge in [-0.15, -0.1) is 0 Å². The molecule has 3 heterocycles. The zero-order valence-corrected chi connectivity index (χ0v) is 12.0. The van der Waals surface area contributed by atoms with Gasteiger partial charge in [-0.1, -0.05) is 19.6 Å². The van der Waals surface area contributed by atoms with E-state index < -0.39 is 76.7 Å². The summed E-state index contributed by atoms with van der Waals surface area (Å²) in [6, 6.07) is 0. The molecule has 0 atom stereocenters. The number of hydrogen-bond donors (Lipinski definition) is 0. The summed E-state index contributed by atoms with van der Waals surface area (Å²) in [7, 11) is 0. The van der Waals surface area contributed by atoms with Gasteiger partial charge in [-0.05, 0) is 12.7 Å². The molecule has 0 aromatic carbocycles. The van der Waals surface area contributed by atoms with Crippen molar-refractivity contribution in [2.24, 2.45) is 6.98 Å². The van der Waals surface area contributed by atoms with Crippen LogP contribution in [0.4, 0.5) is 0 Å². The predicted octanol–water partition coefficient (Wildman–Crippen LogP) is -0.485. The van der Waals surface area contributed by atoms with Crippen molar-refractivity contribution in [3.8, 4) is 0 Å². The van der Waals surface area contributed by atoms with Gasteiger partial charge in [0, 0.05) is 15.1 Å². The van der Waals surface area contributed by atoms with Crippen molar-refractivity contribution in [1.82, 2.24) is 4.57 Å². The molecule has 2 aliphatic heterocycles. The van der Waals surface area contributed by atoms with Crippen LogP contribution in [0, 0.1) is 0 Å². The van der Waals surface area contributed by atoms with Crippen LogP contribution in [0.15, 0.2) is 18.7 Å². The molecule has 3 rings (SSSR count). The summed E-state index contributed by atoms with van der Waals surface area (Å²) in [5, 5.41) is 0. The summed E-state index contributed by atoms with van der Waals surface area (Å²) < 4.78 is 139. The van der Waals surface area contributed by atoms with Gasteiger partial charge < -0.3 is 18.6 Å². The first kappa shape index (κ1) is 6.47. The maximum Gasteiger partial charge on any atom is 0.786 e. The smallest absolute Gasteiger partial charge is 0.576 e. The molecule has 10 nitrogen and oxygen atoms in total. The Bertz CT molecular complexity index is 1190. The van der Waals surface area contributed by atoms with Gasteiger partial charge in [0.25, 0.3) is 0 Å². The summed E-state index contributed by atoms with van der Waals surface area (Å²) >= 11 is 0. The fraction of sp³-hybridized carbons (Fsp3) is 0.500. The molecule has 2 aliphatic rings. The van der Waals surface area contributed by atoms with Crippen LogP contribution in [0.3, 0.4) is 0 Å². The molecule has 136 valence electrons. The number of carbonyl (C=O) groups is 4. The Kier molecular flexibility index (Phi) is 2.02. The lowest BCUT2D eigenvalue weighted by atomic mass is 10.1. The molecule has 0 bridgehead atoms.